The molecule has 1 heterocycles. The van der Waals surface area contributed by atoms with Gasteiger partial charge in [0.25, 0.3) is 0 Å². The van der Waals surface area contributed by atoms with Crippen LogP contribution in [0, 0.1) is 6.92 Å². The van der Waals surface area contributed by atoms with Crippen molar-refractivity contribution in [1.82, 2.24) is 10.2 Å². The molecule has 1 aromatic carbocycles. The lowest BCUT2D eigenvalue weighted by Crippen LogP contribution is -2.09. The van der Waals surface area contributed by atoms with Gasteiger partial charge in [-0.15, -0.1) is 0 Å². The molecule has 0 aliphatic rings. The number of hydrogen-bond acceptors (Lipinski definition) is 3. The van der Waals surface area contributed by atoms with E-state index in [0.717, 1.165) is 22.6 Å². The summed E-state index contributed by atoms with van der Waals surface area (Å²) in [5, 5.41) is 13.1. The lowest BCUT2D eigenvalue weighted by molar-refractivity contribution is -0.114. The van der Waals surface area contributed by atoms with E-state index in [0.29, 0.717) is 0 Å². The topological polar surface area (TPSA) is 69.8 Å². The third kappa shape index (κ3) is 3.34. The summed E-state index contributed by atoms with van der Waals surface area (Å²) in [6.45, 7) is 5.54. The fourth-order valence-corrected chi connectivity index (χ4v) is 1.92. The van der Waals surface area contributed by atoms with Crippen LogP contribution in [0.3, 0.4) is 0 Å². The number of carbonyl (C=O) groups excluding carboxylic acids is 1. The third-order valence-corrected chi connectivity index (χ3v) is 2.91. The summed E-state index contributed by atoms with van der Waals surface area (Å²) in [6, 6.07) is 7.95. The highest BCUT2D eigenvalue weighted by atomic mass is 16.1. The van der Waals surface area contributed by atoms with Gasteiger partial charge in [-0.2, -0.15) is 5.10 Å². The van der Waals surface area contributed by atoms with Crippen molar-refractivity contribution < 1.29 is 4.79 Å². The van der Waals surface area contributed by atoms with E-state index < -0.39 is 0 Å². The van der Waals surface area contributed by atoms with Crippen LogP contribution in [0.1, 0.15) is 31.1 Å². The van der Waals surface area contributed by atoms with Gasteiger partial charge < -0.3 is 10.6 Å². The van der Waals surface area contributed by atoms with Crippen LogP contribution in [0.25, 0.3) is 0 Å². The zero-order valence-electron chi connectivity index (χ0n) is 11.3. The molecule has 3 N–H and O–H groups in total. The van der Waals surface area contributed by atoms with Crippen molar-refractivity contribution in [3.8, 4) is 0 Å². The Balaban J connectivity index is 2.10. The van der Waals surface area contributed by atoms with Gasteiger partial charge in [-0.05, 0) is 43.7 Å². The SMILES string of the molecule is CC(=O)Nc1ccc(NC(C)c2ccn[nH]2)cc1C. The van der Waals surface area contributed by atoms with Crippen LogP contribution < -0.4 is 10.6 Å². The maximum Gasteiger partial charge on any atom is 0.221 e. The lowest BCUT2D eigenvalue weighted by Gasteiger charge is -2.15. The van der Waals surface area contributed by atoms with Gasteiger partial charge in [0.2, 0.25) is 5.91 Å². The molecule has 0 aliphatic heterocycles. The molecule has 2 rings (SSSR count). The van der Waals surface area contributed by atoms with Crippen molar-refractivity contribution in [2.75, 3.05) is 10.6 Å². The lowest BCUT2D eigenvalue weighted by atomic mass is 10.1. The summed E-state index contributed by atoms with van der Waals surface area (Å²) in [7, 11) is 0. The summed E-state index contributed by atoms with van der Waals surface area (Å²) >= 11 is 0. The quantitative estimate of drug-likeness (QED) is 0.789. The van der Waals surface area contributed by atoms with Gasteiger partial charge in [-0.3, -0.25) is 9.89 Å². The number of carbonyl (C=O) groups is 1. The van der Waals surface area contributed by atoms with Crippen molar-refractivity contribution in [3.63, 3.8) is 0 Å². The van der Waals surface area contributed by atoms with E-state index >= 15 is 0 Å². The molecule has 0 radical (unpaired) electrons. The van der Waals surface area contributed by atoms with Gasteiger partial charge in [0.15, 0.2) is 0 Å². The molecule has 0 fully saturated rings. The number of aromatic nitrogens is 2. The molecular weight excluding hydrogens is 240 g/mol. The first kappa shape index (κ1) is 13.1. The summed E-state index contributed by atoms with van der Waals surface area (Å²) in [4.78, 5) is 11.0. The Labute approximate surface area is 112 Å². The average molecular weight is 258 g/mol. The highest BCUT2D eigenvalue weighted by molar-refractivity contribution is 5.89. The molecule has 1 aromatic heterocycles. The van der Waals surface area contributed by atoms with E-state index in [4.69, 9.17) is 0 Å². The van der Waals surface area contributed by atoms with Crippen LogP contribution in [-0.2, 0) is 4.79 Å². The number of H-pyrrole nitrogens is 1. The van der Waals surface area contributed by atoms with E-state index in [1.165, 1.54) is 6.92 Å². The van der Waals surface area contributed by atoms with Crippen LogP contribution in [0.2, 0.25) is 0 Å². The van der Waals surface area contributed by atoms with E-state index in [1.807, 2.05) is 31.2 Å². The van der Waals surface area contributed by atoms with E-state index in [9.17, 15) is 4.79 Å². The molecule has 0 spiro atoms. The molecule has 1 amide bonds. The van der Waals surface area contributed by atoms with Crippen molar-refractivity contribution in [3.05, 3.63) is 41.7 Å². The van der Waals surface area contributed by atoms with Crippen molar-refractivity contribution in [2.24, 2.45) is 0 Å². The predicted octanol–water partition coefficient (Wildman–Crippen LogP) is 2.85. The Kier molecular flexibility index (Phi) is 3.85. The van der Waals surface area contributed by atoms with Crippen molar-refractivity contribution in [1.29, 1.82) is 0 Å². The molecule has 1 atom stereocenters. The Hall–Kier alpha value is -2.30. The standard InChI is InChI=1S/C14H18N4O/c1-9-8-12(4-5-13(9)17-11(3)19)16-10(2)14-6-7-15-18-14/h4-8,10,16H,1-3H3,(H,15,18)(H,17,19). The third-order valence-electron chi connectivity index (χ3n) is 2.91. The van der Waals surface area contributed by atoms with Crippen molar-refractivity contribution >= 4 is 17.3 Å². The first-order valence-electron chi connectivity index (χ1n) is 6.20. The Morgan fingerprint density at radius 1 is 1.37 bits per heavy atom. The zero-order chi connectivity index (χ0) is 13.8. The number of rotatable bonds is 4. The predicted molar refractivity (Wildman–Crippen MR) is 76.1 cm³/mol. The normalized spacial score (nSPS) is 11.9. The van der Waals surface area contributed by atoms with Gasteiger partial charge in [-0.25, -0.2) is 0 Å². The number of aryl methyl sites for hydroxylation is 1. The van der Waals surface area contributed by atoms with Gasteiger partial charge >= 0.3 is 0 Å². The summed E-state index contributed by atoms with van der Waals surface area (Å²) in [6.07, 6.45) is 1.73. The molecular formula is C14H18N4O. The Bertz CT molecular complexity index is 563. The number of nitrogens with one attached hydrogen (secondary N) is 3. The average Bonchev–Trinajstić information content (AvgIpc) is 2.86. The van der Waals surface area contributed by atoms with Gasteiger partial charge in [0.05, 0.1) is 11.7 Å². The highest BCUT2D eigenvalue weighted by Crippen LogP contribution is 2.23. The minimum atomic E-state index is -0.0605. The molecule has 0 saturated carbocycles. The number of aromatic amines is 1. The molecule has 5 heteroatoms. The first-order valence-corrected chi connectivity index (χ1v) is 6.20. The van der Waals surface area contributed by atoms with Crippen LogP contribution in [-0.4, -0.2) is 16.1 Å². The minimum absolute atomic E-state index is 0.0605. The number of benzene rings is 1. The molecule has 0 aliphatic carbocycles. The highest BCUT2D eigenvalue weighted by Gasteiger charge is 2.07. The Morgan fingerprint density at radius 2 is 2.16 bits per heavy atom. The fraction of sp³-hybridized carbons (Fsp3) is 0.286. The molecule has 19 heavy (non-hydrogen) atoms. The first-order chi connectivity index (χ1) is 9.06. The van der Waals surface area contributed by atoms with Crippen LogP contribution in [0.15, 0.2) is 30.5 Å². The molecule has 0 bridgehead atoms. The number of nitrogens with zero attached hydrogens (tertiary/aromatic N) is 1. The fourth-order valence-electron chi connectivity index (χ4n) is 1.92. The molecule has 1 unspecified atom stereocenters. The smallest absolute Gasteiger partial charge is 0.221 e. The molecule has 2 aromatic rings. The molecule has 0 saturated heterocycles. The van der Waals surface area contributed by atoms with E-state index in [2.05, 4.69) is 27.8 Å². The molecule has 5 nitrogen and oxygen atoms in total. The number of hydrogen-bond donors (Lipinski definition) is 3. The second-order valence-corrected chi connectivity index (χ2v) is 4.59. The van der Waals surface area contributed by atoms with Crippen LogP contribution in [0.4, 0.5) is 11.4 Å². The van der Waals surface area contributed by atoms with Crippen LogP contribution >= 0.6 is 0 Å². The van der Waals surface area contributed by atoms with E-state index in [-0.39, 0.29) is 11.9 Å². The maximum atomic E-state index is 11.0. The summed E-state index contributed by atoms with van der Waals surface area (Å²) < 4.78 is 0. The monoisotopic (exact) mass is 258 g/mol. The zero-order valence-corrected chi connectivity index (χ0v) is 11.3. The number of anilines is 2. The second-order valence-electron chi connectivity index (χ2n) is 4.59. The van der Waals surface area contributed by atoms with E-state index in [1.54, 1.807) is 6.20 Å². The Morgan fingerprint density at radius 3 is 2.74 bits per heavy atom. The van der Waals surface area contributed by atoms with Crippen LogP contribution in [0.5, 0.6) is 0 Å². The maximum absolute atomic E-state index is 11.0. The van der Waals surface area contributed by atoms with Crippen molar-refractivity contribution in [2.45, 2.75) is 26.8 Å². The van der Waals surface area contributed by atoms with Gasteiger partial charge in [0, 0.05) is 24.5 Å². The second kappa shape index (κ2) is 5.56. The van der Waals surface area contributed by atoms with Gasteiger partial charge in [-0.1, -0.05) is 0 Å². The largest absolute Gasteiger partial charge is 0.377 e. The summed E-state index contributed by atoms with van der Waals surface area (Å²) in [5.41, 5.74) is 3.90. The summed E-state index contributed by atoms with van der Waals surface area (Å²) in [5.74, 6) is -0.0605. The number of amides is 1. The van der Waals surface area contributed by atoms with Gasteiger partial charge in [0.1, 0.15) is 0 Å². The minimum Gasteiger partial charge on any atom is -0.377 e. The molecule has 100 valence electrons.